The molecule has 21 heavy (non-hydrogen) atoms. The number of ether oxygens (including phenoxy) is 4. The van der Waals surface area contributed by atoms with Crippen LogP contribution in [0.3, 0.4) is 0 Å². The van der Waals surface area contributed by atoms with Crippen molar-refractivity contribution in [3.63, 3.8) is 0 Å². The average molecular weight is 290 g/mol. The lowest BCUT2D eigenvalue weighted by atomic mass is 9.98. The molecule has 0 spiro atoms. The summed E-state index contributed by atoms with van der Waals surface area (Å²) >= 11 is 0. The molecule has 0 aromatic carbocycles. The first kappa shape index (κ1) is 14.7. The Labute approximate surface area is 125 Å². The predicted octanol–water partition coefficient (Wildman–Crippen LogP) is 2.88. The van der Waals surface area contributed by atoms with Gasteiger partial charge in [-0.2, -0.15) is 0 Å². The van der Waals surface area contributed by atoms with Crippen LogP contribution in [0.5, 0.6) is 0 Å². The van der Waals surface area contributed by atoms with E-state index in [1.165, 1.54) is 0 Å². The SMILES string of the molecule is C=C(CCC1(C=C2C=CC=C2)OCCO1)C1(C)OCCO1. The third-order valence-electron chi connectivity index (χ3n) is 4.11. The van der Waals surface area contributed by atoms with Gasteiger partial charge in [-0.1, -0.05) is 30.9 Å². The molecule has 2 saturated heterocycles. The van der Waals surface area contributed by atoms with E-state index in [1.54, 1.807) is 0 Å². The lowest BCUT2D eigenvalue weighted by Gasteiger charge is -2.29. The fraction of sp³-hybridized carbons (Fsp3) is 0.529. The van der Waals surface area contributed by atoms with E-state index < -0.39 is 11.6 Å². The standard InChI is InChI=1S/C17H22O4/c1-14(16(2)18-9-10-19-16)7-8-17(20-11-12-21-17)13-15-5-3-4-6-15/h3-6,13H,1,7-12H2,2H3. The minimum absolute atomic E-state index is 0.618. The second kappa shape index (κ2) is 5.89. The molecule has 0 unspecified atom stereocenters. The summed E-state index contributed by atoms with van der Waals surface area (Å²) in [6.45, 7) is 8.52. The van der Waals surface area contributed by atoms with Crippen molar-refractivity contribution in [2.75, 3.05) is 26.4 Å². The maximum Gasteiger partial charge on any atom is 0.189 e. The van der Waals surface area contributed by atoms with Crippen molar-refractivity contribution in [3.8, 4) is 0 Å². The highest BCUT2D eigenvalue weighted by Crippen LogP contribution is 2.35. The molecule has 0 saturated carbocycles. The summed E-state index contributed by atoms with van der Waals surface area (Å²) in [7, 11) is 0. The maximum absolute atomic E-state index is 5.86. The van der Waals surface area contributed by atoms with E-state index >= 15 is 0 Å². The lowest BCUT2D eigenvalue weighted by molar-refractivity contribution is -0.131. The van der Waals surface area contributed by atoms with Gasteiger partial charge in [0, 0.05) is 6.42 Å². The molecular weight excluding hydrogens is 268 g/mol. The summed E-state index contributed by atoms with van der Waals surface area (Å²) in [5.41, 5.74) is 2.04. The molecule has 0 N–H and O–H groups in total. The van der Waals surface area contributed by atoms with Crippen molar-refractivity contribution in [1.29, 1.82) is 0 Å². The molecule has 3 rings (SSSR count). The second-order valence-corrected chi connectivity index (χ2v) is 5.62. The fourth-order valence-corrected chi connectivity index (χ4v) is 2.78. The molecule has 0 radical (unpaired) electrons. The van der Waals surface area contributed by atoms with E-state index in [1.807, 2.05) is 37.3 Å². The second-order valence-electron chi connectivity index (χ2n) is 5.62. The Balaban J connectivity index is 1.66. The molecule has 3 aliphatic rings. The van der Waals surface area contributed by atoms with E-state index in [0.717, 1.165) is 17.6 Å². The topological polar surface area (TPSA) is 36.9 Å². The number of rotatable bonds is 5. The van der Waals surface area contributed by atoms with Crippen molar-refractivity contribution in [2.45, 2.75) is 31.3 Å². The van der Waals surface area contributed by atoms with Gasteiger partial charge in [0.2, 0.25) is 0 Å². The molecule has 0 aromatic rings. The minimum atomic E-state index is -0.667. The largest absolute Gasteiger partial charge is 0.344 e. The fourth-order valence-electron chi connectivity index (χ4n) is 2.78. The number of allylic oxidation sites excluding steroid dienone is 5. The Bertz CT molecular complexity index is 475. The van der Waals surface area contributed by atoms with Gasteiger partial charge in [0.1, 0.15) is 0 Å². The highest BCUT2D eigenvalue weighted by Gasteiger charge is 2.38. The summed E-state index contributed by atoms with van der Waals surface area (Å²) in [5, 5.41) is 0. The van der Waals surface area contributed by atoms with Gasteiger partial charge in [0.15, 0.2) is 11.6 Å². The first-order valence-corrected chi connectivity index (χ1v) is 7.44. The molecule has 0 aromatic heterocycles. The third kappa shape index (κ3) is 3.19. The molecule has 1 aliphatic carbocycles. The average Bonchev–Trinajstić information content (AvgIpc) is 3.20. The molecule has 2 aliphatic heterocycles. The van der Waals surface area contributed by atoms with Gasteiger partial charge in [-0.05, 0) is 30.6 Å². The van der Waals surface area contributed by atoms with Gasteiger partial charge in [-0.25, -0.2) is 0 Å². The Morgan fingerprint density at radius 2 is 1.67 bits per heavy atom. The molecular formula is C17H22O4. The Hall–Kier alpha value is -1.20. The molecule has 2 heterocycles. The first-order chi connectivity index (χ1) is 10.1. The van der Waals surface area contributed by atoms with Gasteiger partial charge in [-0.3, -0.25) is 0 Å². The molecule has 0 amide bonds. The highest BCUT2D eigenvalue weighted by molar-refractivity contribution is 5.41. The van der Waals surface area contributed by atoms with E-state index in [9.17, 15) is 0 Å². The third-order valence-corrected chi connectivity index (χ3v) is 4.11. The Kier molecular flexibility index (Phi) is 4.13. The predicted molar refractivity (Wildman–Crippen MR) is 79.7 cm³/mol. The zero-order chi connectivity index (χ0) is 14.8. The van der Waals surface area contributed by atoms with Crippen LogP contribution in [-0.4, -0.2) is 38.0 Å². The number of hydrogen-bond donors (Lipinski definition) is 0. The first-order valence-electron chi connectivity index (χ1n) is 7.44. The van der Waals surface area contributed by atoms with Crippen molar-refractivity contribution >= 4 is 0 Å². The summed E-state index contributed by atoms with van der Waals surface area (Å²) < 4.78 is 23.0. The molecule has 0 bridgehead atoms. The van der Waals surface area contributed by atoms with Gasteiger partial charge in [-0.15, -0.1) is 0 Å². The smallest absolute Gasteiger partial charge is 0.189 e. The van der Waals surface area contributed by atoms with Crippen molar-refractivity contribution in [3.05, 3.63) is 48.1 Å². The van der Waals surface area contributed by atoms with Gasteiger partial charge in [0.05, 0.1) is 26.4 Å². The molecule has 4 nitrogen and oxygen atoms in total. The quantitative estimate of drug-likeness (QED) is 0.730. The van der Waals surface area contributed by atoms with Crippen molar-refractivity contribution in [2.24, 2.45) is 0 Å². The normalized spacial score (nSPS) is 25.7. The van der Waals surface area contributed by atoms with E-state index in [-0.39, 0.29) is 0 Å². The van der Waals surface area contributed by atoms with Gasteiger partial charge < -0.3 is 18.9 Å². The van der Waals surface area contributed by atoms with Crippen LogP contribution in [-0.2, 0) is 18.9 Å². The van der Waals surface area contributed by atoms with Crippen LogP contribution in [0, 0.1) is 0 Å². The summed E-state index contributed by atoms with van der Waals surface area (Å²) in [4.78, 5) is 0. The summed E-state index contributed by atoms with van der Waals surface area (Å²) in [6.07, 6.45) is 11.6. The van der Waals surface area contributed by atoms with Crippen LogP contribution >= 0.6 is 0 Å². The number of hydrogen-bond acceptors (Lipinski definition) is 4. The minimum Gasteiger partial charge on any atom is -0.344 e. The molecule has 4 heteroatoms. The summed E-state index contributed by atoms with van der Waals surface area (Å²) in [5.74, 6) is -1.33. The maximum atomic E-state index is 5.86. The zero-order valence-electron chi connectivity index (χ0n) is 12.5. The molecule has 2 fully saturated rings. The Morgan fingerprint density at radius 3 is 2.29 bits per heavy atom. The lowest BCUT2D eigenvalue weighted by Crippen LogP contribution is -2.32. The highest BCUT2D eigenvalue weighted by atomic mass is 16.7. The van der Waals surface area contributed by atoms with E-state index in [4.69, 9.17) is 18.9 Å². The van der Waals surface area contributed by atoms with Crippen LogP contribution in [0.15, 0.2) is 48.1 Å². The van der Waals surface area contributed by atoms with Crippen molar-refractivity contribution < 1.29 is 18.9 Å². The van der Waals surface area contributed by atoms with Crippen molar-refractivity contribution in [1.82, 2.24) is 0 Å². The van der Waals surface area contributed by atoms with Crippen LogP contribution in [0.4, 0.5) is 0 Å². The van der Waals surface area contributed by atoms with Gasteiger partial charge in [0.25, 0.3) is 0 Å². The van der Waals surface area contributed by atoms with Crippen LogP contribution < -0.4 is 0 Å². The zero-order valence-corrected chi connectivity index (χ0v) is 12.5. The van der Waals surface area contributed by atoms with E-state index in [2.05, 4.69) is 6.58 Å². The molecule has 0 atom stereocenters. The monoisotopic (exact) mass is 290 g/mol. The Morgan fingerprint density at radius 1 is 1.10 bits per heavy atom. The summed E-state index contributed by atoms with van der Waals surface area (Å²) in [6, 6.07) is 0. The van der Waals surface area contributed by atoms with Crippen LogP contribution in [0.1, 0.15) is 19.8 Å². The van der Waals surface area contributed by atoms with Gasteiger partial charge >= 0.3 is 0 Å². The van der Waals surface area contributed by atoms with E-state index in [0.29, 0.717) is 32.8 Å². The van der Waals surface area contributed by atoms with Crippen LogP contribution in [0.25, 0.3) is 0 Å². The molecule has 114 valence electrons. The van der Waals surface area contributed by atoms with Crippen LogP contribution in [0.2, 0.25) is 0 Å².